The van der Waals surface area contributed by atoms with Gasteiger partial charge in [-0.2, -0.15) is 0 Å². The van der Waals surface area contributed by atoms with Gasteiger partial charge in [-0.25, -0.2) is 0 Å². The van der Waals surface area contributed by atoms with E-state index < -0.39 is 0 Å². The van der Waals surface area contributed by atoms with Gasteiger partial charge in [-0.15, -0.1) is 5.10 Å². The number of rotatable bonds is 6. The molecule has 5 nitrogen and oxygen atoms in total. The normalized spacial score (nSPS) is 10.6. The fourth-order valence-corrected chi connectivity index (χ4v) is 1.69. The minimum absolute atomic E-state index is 0.628. The SMILES string of the molecule is CCOCc1ccccc1NCc1cnnn1C. The van der Waals surface area contributed by atoms with Crippen molar-refractivity contribution in [1.29, 1.82) is 0 Å². The molecule has 0 atom stereocenters. The van der Waals surface area contributed by atoms with Crippen LogP contribution in [0.25, 0.3) is 0 Å². The van der Waals surface area contributed by atoms with Crippen molar-refractivity contribution >= 4 is 5.69 Å². The third-order valence-electron chi connectivity index (χ3n) is 2.75. The molecule has 96 valence electrons. The van der Waals surface area contributed by atoms with Crippen LogP contribution in [0, 0.1) is 0 Å². The summed E-state index contributed by atoms with van der Waals surface area (Å²) in [5.74, 6) is 0. The maximum Gasteiger partial charge on any atom is 0.0774 e. The molecule has 2 aromatic rings. The van der Waals surface area contributed by atoms with Crippen LogP contribution in [0.15, 0.2) is 30.5 Å². The lowest BCUT2D eigenvalue weighted by Crippen LogP contribution is -2.07. The zero-order valence-electron chi connectivity index (χ0n) is 10.8. The Bertz CT molecular complexity index is 495. The first-order chi connectivity index (χ1) is 8.81. The zero-order valence-corrected chi connectivity index (χ0v) is 10.8. The smallest absolute Gasteiger partial charge is 0.0774 e. The number of anilines is 1. The quantitative estimate of drug-likeness (QED) is 0.846. The number of benzene rings is 1. The van der Waals surface area contributed by atoms with Crippen molar-refractivity contribution in [3.8, 4) is 0 Å². The predicted molar refractivity (Wildman–Crippen MR) is 70.1 cm³/mol. The van der Waals surface area contributed by atoms with E-state index in [-0.39, 0.29) is 0 Å². The Hall–Kier alpha value is -1.88. The topological polar surface area (TPSA) is 52.0 Å². The van der Waals surface area contributed by atoms with Crippen LogP contribution < -0.4 is 5.32 Å². The summed E-state index contributed by atoms with van der Waals surface area (Å²) >= 11 is 0. The Morgan fingerprint density at radius 3 is 2.89 bits per heavy atom. The summed E-state index contributed by atoms with van der Waals surface area (Å²) in [7, 11) is 1.89. The summed E-state index contributed by atoms with van der Waals surface area (Å²) in [4.78, 5) is 0. The lowest BCUT2D eigenvalue weighted by atomic mass is 10.2. The van der Waals surface area contributed by atoms with E-state index in [1.54, 1.807) is 10.9 Å². The molecule has 0 bridgehead atoms. The first-order valence-electron chi connectivity index (χ1n) is 6.04. The number of para-hydroxylation sites is 1. The van der Waals surface area contributed by atoms with Gasteiger partial charge in [0.15, 0.2) is 0 Å². The summed E-state index contributed by atoms with van der Waals surface area (Å²) in [6, 6.07) is 8.15. The highest BCUT2D eigenvalue weighted by atomic mass is 16.5. The number of hydrogen-bond donors (Lipinski definition) is 1. The fourth-order valence-electron chi connectivity index (χ4n) is 1.69. The summed E-state index contributed by atoms with van der Waals surface area (Å²) in [5, 5.41) is 11.1. The molecule has 2 rings (SSSR count). The first-order valence-corrected chi connectivity index (χ1v) is 6.04. The Morgan fingerprint density at radius 2 is 2.17 bits per heavy atom. The Morgan fingerprint density at radius 1 is 1.33 bits per heavy atom. The van der Waals surface area contributed by atoms with Gasteiger partial charge in [0.2, 0.25) is 0 Å². The second-order valence-electron chi connectivity index (χ2n) is 4.00. The third-order valence-corrected chi connectivity index (χ3v) is 2.75. The van der Waals surface area contributed by atoms with Crippen LogP contribution in [0.2, 0.25) is 0 Å². The lowest BCUT2D eigenvalue weighted by Gasteiger charge is -2.11. The molecule has 0 saturated heterocycles. The molecule has 0 saturated carbocycles. The highest BCUT2D eigenvalue weighted by Gasteiger charge is 2.03. The molecule has 0 aliphatic carbocycles. The van der Waals surface area contributed by atoms with E-state index in [2.05, 4.69) is 27.8 Å². The maximum atomic E-state index is 5.45. The molecule has 0 amide bonds. The van der Waals surface area contributed by atoms with Crippen molar-refractivity contribution in [2.45, 2.75) is 20.1 Å². The van der Waals surface area contributed by atoms with Crippen LogP contribution in [-0.2, 0) is 24.9 Å². The second-order valence-corrected chi connectivity index (χ2v) is 4.00. The van der Waals surface area contributed by atoms with Gasteiger partial charge in [0, 0.05) is 24.9 Å². The Kier molecular flexibility index (Phi) is 4.30. The molecule has 0 spiro atoms. The Labute approximate surface area is 107 Å². The molecule has 0 unspecified atom stereocenters. The summed E-state index contributed by atoms with van der Waals surface area (Å²) in [5.41, 5.74) is 3.29. The third kappa shape index (κ3) is 3.07. The number of nitrogens with zero attached hydrogens (tertiary/aromatic N) is 3. The molecule has 5 heteroatoms. The Balaban J connectivity index is 2.02. The number of nitrogens with one attached hydrogen (secondary N) is 1. The van der Waals surface area contributed by atoms with Crippen molar-refractivity contribution in [3.63, 3.8) is 0 Å². The van der Waals surface area contributed by atoms with Crippen LogP contribution in [0.4, 0.5) is 5.69 Å². The van der Waals surface area contributed by atoms with E-state index in [0.717, 1.165) is 23.6 Å². The van der Waals surface area contributed by atoms with Crippen molar-refractivity contribution in [2.24, 2.45) is 7.05 Å². The van der Waals surface area contributed by atoms with Crippen LogP contribution in [0.1, 0.15) is 18.2 Å². The van der Waals surface area contributed by atoms with Crippen molar-refractivity contribution in [1.82, 2.24) is 15.0 Å². The highest BCUT2D eigenvalue weighted by molar-refractivity contribution is 5.50. The molecule has 1 aromatic heterocycles. The van der Waals surface area contributed by atoms with Gasteiger partial charge in [0.25, 0.3) is 0 Å². The minimum Gasteiger partial charge on any atom is -0.379 e. The van der Waals surface area contributed by atoms with Crippen molar-refractivity contribution in [2.75, 3.05) is 11.9 Å². The predicted octanol–water partition coefficient (Wildman–Crippen LogP) is 1.96. The van der Waals surface area contributed by atoms with Gasteiger partial charge < -0.3 is 10.1 Å². The molecular weight excluding hydrogens is 228 g/mol. The number of hydrogen-bond acceptors (Lipinski definition) is 4. The van der Waals surface area contributed by atoms with Crippen LogP contribution in [0.3, 0.4) is 0 Å². The van der Waals surface area contributed by atoms with E-state index in [4.69, 9.17) is 4.74 Å². The van der Waals surface area contributed by atoms with E-state index in [9.17, 15) is 0 Å². The minimum atomic E-state index is 0.628. The van der Waals surface area contributed by atoms with Crippen molar-refractivity contribution in [3.05, 3.63) is 41.7 Å². The van der Waals surface area contributed by atoms with Gasteiger partial charge >= 0.3 is 0 Å². The molecule has 1 N–H and O–H groups in total. The number of ether oxygens (including phenoxy) is 1. The molecule has 0 aliphatic heterocycles. The molecular formula is C13H18N4O. The average Bonchev–Trinajstić information content (AvgIpc) is 2.80. The van der Waals surface area contributed by atoms with E-state index in [1.807, 2.05) is 26.1 Å². The summed E-state index contributed by atoms with van der Waals surface area (Å²) in [6.07, 6.45) is 1.76. The summed E-state index contributed by atoms with van der Waals surface area (Å²) in [6.45, 7) is 4.05. The molecule has 18 heavy (non-hydrogen) atoms. The van der Waals surface area contributed by atoms with E-state index >= 15 is 0 Å². The van der Waals surface area contributed by atoms with Gasteiger partial charge in [-0.05, 0) is 13.0 Å². The maximum absolute atomic E-state index is 5.45. The largest absolute Gasteiger partial charge is 0.379 e. The molecule has 1 aromatic carbocycles. The van der Waals surface area contributed by atoms with Gasteiger partial charge in [-0.3, -0.25) is 4.68 Å². The van der Waals surface area contributed by atoms with Gasteiger partial charge in [0.1, 0.15) is 0 Å². The van der Waals surface area contributed by atoms with Crippen LogP contribution >= 0.6 is 0 Å². The van der Waals surface area contributed by atoms with E-state index in [1.165, 1.54) is 0 Å². The molecule has 1 heterocycles. The number of aryl methyl sites for hydroxylation is 1. The van der Waals surface area contributed by atoms with Crippen LogP contribution in [-0.4, -0.2) is 21.6 Å². The summed E-state index contributed by atoms with van der Waals surface area (Å²) < 4.78 is 7.21. The van der Waals surface area contributed by atoms with Gasteiger partial charge in [0.05, 0.1) is 25.0 Å². The monoisotopic (exact) mass is 246 g/mol. The molecule has 0 radical (unpaired) electrons. The number of aromatic nitrogens is 3. The molecule has 0 fully saturated rings. The lowest BCUT2D eigenvalue weighted by molar-refractivity contribution is 0.134. The standard InChI is InChI=1S/C13H18N4O/c1-3-18-10-11-6-4-5-7-13(11)14-8-12-9-15-16-17(12)2/h4-7,9,14H,3,8,10H2,1-2H3. The first kappa shape index (κ1) is 12.6. The highest BCUT2D eigenvalue weighted by Crippen LogP contribution is 2.16. The van der Waals surface area contributed by atoms with Crippen molar-refractivity contribution < 1.29 is 4.74 Å². The van der Waals surface area contributed by atoms with Crippen LogP contribution in [0.5, 0.6) is 0 Å². The second kappa shape index (κ2) is 6.16. The zero-order chi connectivity index (χ0) is 12.8. The van der Waals surface area contributed by atoms with E-state index in [0.29, 0.717) is 13.2 Å². The molecule has 0 aliphatic rings. The fraction of sp³-hybridized carbons (Fsp3) is 0.385. The van der Waals surface area contributed by atoms with Gasteiger partial charge in [-0.1, -0.05) is 23.4 Å². The average molecular weight is 246 g/mol.